The number of benzene rings is 1. The van der Waals surface area contributed by atoms with Gasteiger partial charge in [-0.05, 0) is 6.07 Å². The Balaban J connectivity index is 2.56. The molecule has 7 nitrogen and oxygen atoms in total. The zero-order valence-corrected chi connectivity index (χ0v) is 9.50. The van der Waals surface area contributed by atoms with Crippen molar-refractivity contribution in [3.8, 4) is 11.4 Å². The predicted molar refractivity (Wildman–Crippen MR) is 60.9 cm³/mol. The molecule has 0 spiro atoms. The summed E-state index contributed by atoms with van der Waals surface area (Å²) in [6.45, 7) is 0.181. The number of nitrogens with two attached hydrogens (primary N) is 1. The average molecular weight is 251 g/mol. The maximum absolute atomic E-state index is 13.3. The number of non-ortho nitro benzene ring substituents is 1. The Morgan fingerprint density at radius 3 is 2.72 bits per heavy atom. The SMILES string of the molecule is Cn1c(CN)nnc1-c1cc(F)cc([N+](=O)[O-])c1. The number of nitro groups is 1. The highest BCUT2D eigenvalue weighted by molar-refractivity contribution is 5.59. The van der Waals surface area contributed by atoms with Crippen molar-refractivity contribution < 1.29 is 9.31 Å². The molecule has 1 aromatic heterocycles. The summed E-state index contributed by atoms with van der Waals surface area (Å²) in [6.07, 6.45) is 0. The first kappa shape index (κ1) is 12.1. The van der Waals surface area contributed by atoms with Crippen molar-refractivity contribution >= 4 is 5.69 Å². The van der Waals surface area contributed by atoms with Crippen molar-refractivity contribution in [1.82, 2.24) is 14.8 Å². The Kier molecular flexibility index (Phi) is 3.02. The number of nitrogens with zero attached hydrogens (tertiary/aromatic N) is 4. The van der Waals surface area contributed by atoms with E-state index in [0.717, 1.165) is 12.1 Å². The first-order chi connectivity index (χ1) is 8.52. The molecule has 18 heavy (non-hydrogen) atoms. The fourth-order valence-corrected chi connectivity index (χ4v) is 1.60. The minimum absolute atomic E-state index is 0.181. The molecule has 0 atom stereocenters. The third kappa shape index (κ3) is 2.05. The summed E-state index contributed by atoms with van der Waals surface area (Å²) in [5.74, 6) is 0.145. The van der Waals surface area contributed by atoms with Gasteiger partial charge in [-0.15, -0.1) is 10.2 Å². The van der Waals surface area contributed by atoms with Gasteiger partial charge in [0.1, 0.15) is 11.6 Å². The highest BCUT2D eigenvalue weighted by atomic mass is 19.1. The molecule has 0 aliphatic rings. The summed E-state index contributed by atoms with van der Waals surface area (Å²) in [5.41, 5.74) is 5.40. The monoisotopic (exact) mass is 251 g/mol. The molecule has 0 unspecified atom stereocenters. The molecular weight excluding hydrogens is 241 g/mol. The van der Waals surface area contributed by atoms with Gasteiger partial charge in [0.05, 0.1) is 17.5 Å². The van der Waals surface area contributed by atoms with E-state index < -0.39 is 10.7 Å². The molecule has 0 radical (unpaired) electrons. The molecule has 0 amide bonds. The molecule has 8 heteroatoms. The van der Waals surface area contributed by atoms with Crippen molar-refractivity contribution in [1.29, 1.82) is 0 Å². The summed E-state index contributed by atoms with van der Waals surface area (Å²) >= 11 is 0. The summed E-state index contributed by atoms with van der Waals surface area (Å²) in [7, 11) is 1.66. The second-order valence-electron chi connectivity index (χ2n) is 3.66. The fourth-order valence-electron chi connectivity index (χ4n) is 1.60. The Labute approximate surface area is 101 Å². The van der Waals surface area contributed by atoms with Crippen LogP contribution in [-0.2, 0) is 13.6 Å². The van der Waals surface area contributed by atoms with Crippen LogP contribution in [0.15, 0.2) is 18.2 Å². The van der Waals surface area contributed by atoms with Gasteiger partial charge in [0.15, 0.2) is 5.82 Å². The van der Waals surface area contributed by atoms with E-state index in [0.29, 0.717) is 11.6 Å². The van der Waals surface area contributed by atoms with Crippen molar-refractivity contribution in [3.63, 3.8) is 0 Å². The lowest BCUT2D eigenvalue weighted by molar-refractivity contribution is -0.385. The lowest BCUT2D eigenvalue weighted by Crippen LogP contribution is -2.05. The van der Waals surface area contributed by atoms with E-state index >= 15 is 0 Å². The molecule has 0 saturated heterocycles. The van der Waals surface area contributed by atoms with Gasteiger partial charge in [0.25, 0.3) is 5.69 Å². The molecule has 1 aromatic carbocycles. The number of rotatable bonds is 3. The van der Waals surface area contributed by atoms with Crippen LogP contribution in [0.25, 0.3) is 11.4 Å². The molecule has 0 fully saturated rings. The molecule has 0 aliphatic heterocycles. The van der Waals surface area contributed by atoms with Gasteiger partial charge < -0.3 is 10.3 Å². The smallest absolute Gasteiger partial charge is 0.273 e. The summed E-state index contributed by atoms with van der Waals surface area (Å²) < 4.78 is 14.9. The van der Waals surface area contributed by atoms with Gasteiger partial charge >= 0.3 is 0 Å². The van der Waals surface area contributed by atoms with E-state index in [1.807, 2.05) is 0 Å². The Morgan fingerprint density at radius 2 is 2.17 bits per heavy atom. The van der Waals surface area contributed by atoms with Crippen LogP contribution in [0, 0.1) is 15.9 Å². The second kappa shape index (κ2) is 4.49. The second-order valence-corrected chi connectivity index (χ2v) is 3.66. The van der Waals surface area contributed by atoms with E-state index in [1.54, 1.807) is 11.6 Å². The van der Waals surface area contributed by atoms with E-state index in [9.17, 15) is 14.5 Å². The van der Waals surface area contributed by atoms with Crippen LogP contribution in [0.2, 0.25) is 0 Å². The van der Waals surface area contributed by atoms with Crippen molar-refractivity contribution in [2.45, 2.75) is 6.54 Å². The first-order valence-electron chi connectivity index (χ1n) is 5.06. The quantitative estimate of drug-likeness (QED) is 0.647. The van der Waals surface area contributed by atoms with E-state index in [4.69, 9.17) is 5.73 Å². The van der Waals surface area contributed by atoms with Crippen molar-refractivity contribution in [2.75, 3.05) is 0 Å². The number of nitro benzene ring substituents is 1. The molecule has 1 heterocycles. The molecule has 94 valence electrons. The third-order valence-electron chi connectivity index (χ3n) is 2.50. The Hall–Kier alpha value is -2.35. The average Bonchev–Trinajstić information content (AvgIpc) is 2.69. The summed E-state index contributed by atoms with van der Waals surface area (Å²) in [6, 6.07) is 3.26. The number of aromatic nitrogens is 3. The molecule has 0 aliphatic carbocycles. The number of hydrogen-bond donors (Lipinski definition) is 1. The fraction of sp³-hybridized carbons (Fsp3) is 0.200. The van der Waals surface area contributed by atoms with E-state index in [-0.39, 0.29) is 17.8 Å². The van der Waals surface area contributed by atoms with Crippen LogP contribution in [0.5, 0.6) is 0 Å². The summed E-state index contributed by atoms with van der Waals surface area (Å²) in [5, 5.41) is 18.3. The molecule has 2 rings (SSSR count). The van der Waals surface area contributed by atoms with Crippen LogP contribution in [0.1, 0.15) is 5.82 Å². The summed E-state index contributed by atoms with van der Waals surface area (Å²) in [4.78, 5) is 10.00. The normalized spacial score (nSPS) is 10.6. The van der Waals surface area contributed by atoms with Gasteiger partial charge in [-0.1, -0.05) is 0 Å². The van der Waals surface area contributed by atoms with Crippen molar-refractivity contribution in [2.24, 2.45) is 12.8 Å². The lowest BCUT2D eigenvalue weighted by Gasteiger charge is -2.03. The molecule has 2 aromatic rings. The van der Waals surface area contributed by atoms with Crippen LogP contribution < -0.4 is 5.73 Å². The van der Waals surface area contributed by atoms with Crippen LogP contribution in [-0.4, -0.2) is 19.7 Å². The minimum atomic E-state index is -0.698. The van der Waals surface area contributed by atoms with Gasteiger partial charge in [-0.2, -0.15) is 0 Å². The van der Waals surface area contributed by atoms with Crippen LogP contribution in [0.3, 0.4) is 0 Å². The maximum atomic E-state index is 13.3. The number of halogens is 1. The minimum Gasteiger partial charge on any atom is -0.324 e. The van der Waals surface area contributed by atoms with Crippen molar-refractivity contribution in [3.05, 3.63) is 40.0 Å². The molecule has 0 bridgehead atoms. The highest BCUT2D eigenvalue weighted by Crippen LogP contribution is 2.24. The van der Waals surface area contributed by atoms with Crippen LogP contribution in [0.4, 0.5) is 10.1 Å². The Morgan fingerprint density at radius 1 is 1.44 bits per heavy atom. The third-order valence-corrected chi connectivity index (χ3v) is 2.50. The largest absolute Gasteiger partial charge is 0.324 e. The van der Waals surface area contributed by atoms with Crippen LogP contribution >= 0.6 is 0 Å². The Bertz CT molecular complexity index is 610. The topological polar surface area (TPSA) is 99.9 Å². The van der Waals surface area contributed by atoms with E-state index in [1.165, 1.54) is 6.07 Å². The van der Waals surface area contributed by atoms with Gasteiger partial charge in [-0.25, -0.2) is 4.39 Å². The maximum Gasteiger partial charge on any atom is 0.273 e. The number of hydrogen-bond acceptors (Lipinski definition) is 5. The zero-order chi connectivity index (χ0) is 13.3. The standard InChI is InChI=1S/C10H10FN5O2/c1-15-9(5-12)13-14-10(15)6-2-7(11)4-8(3-6)16(17)18/h2-4H,5,12H2,1H3. The zero-order valence-electron chi connectivity index (χ0n) is 9.50. The van der Waals surface area contributed by atoms with Gasteiger partial charge in [-0.3, -0.25) is 10.1 Å². The molecular formula is C10H10FN5O2. The highest BCUT2D eigenvalue weighted by Gasteiger charge is 2.15. The molecule has 0 saturated carbocycles. The predicted octanol–water partition coefficient (Wildman–Crippen LogP) is 0.988. The van der Waals surface area contributed by atoms with Gasteiger partial charge in [0, 0.05) is 18.7 Å². The lowest BCUT2D eigenvalue weighted by atomic mass is 10.2. The molecule has 2 N–H and O–H groups in total. The van der Waals surface area contributed by atoms with Gasteiger partial charge in [0.2, 0.25) is 0 Å². The first-order valence-corrected chi connectivity index (χ1v) is 5.06. The van der Waals surface area contributed by atoms with E-state index in [2.05, 4.69) is 10.2 Å².